The summed E-state index contributed by atoms with van der Waals surface area (Å²) in [4.78, 5) is 0. The maximum absolute atomic E-state index is 12.2. The van der Waals surface area contributed by atoms with E-state index in [4.69, 9.17) is 16.7 Å². The second kappa shape index (κ2) is 2.23. The molecule has 0 aliphatic rings. The standard InChI is InChI=1S/C6H3ClFO/c7-5-2-1-4(9)3-6(5)8/h1-2,9H. The Morgan fingerprint density at radius 2 is 2.22 bits per heavy atom. The lowest BCUT2D eigenvalue weighted by atomic mass is 10.3. The van der Waals surface area contributed by atoms with Crippen molar-refractivity contribution in [2.45, 2.75) is 0 Å². The monoisotopic (exact) mass is 145 g/mol. The Hall–Kier alpha value is -0.760. The number of phenols is 1. The van der Waals surface area contributed by atoms with Gasteiger partial charge in [-0.3, -0.25) is 0 Å². The van der Waals surface area contributed by atoms with Gasteiger partial charge >= 0.3 is 0 Å². The predicted octanol–water partition coefficient (Wildman–Crippen LogP) is 1.98. The number of aromatic hydroxyl groups is 1. The lowest BCUT2D eigenvalue weighted by Gasteiger charge is -1.91. The summed E-state index contributed by atoms with van der Waals surface area (Å²) in [6.07, 6.45) is 0. The Labute approximate surface area is 56.7 Å². The molecule has 3 heteroatoms. The first-order chi connectivity index (χ1) is 4.20. The van der Waals surface area contributed by atoms with Gasteiger partial charge in [0, 0.05) is 0 Å². The maximum atomic E-state index is 12.2. The summed E-state index contributed by atoms with van der Waals surface area (Å²) in [5, 5.41) is 8.55. The zero-order chi connectivity index (χ0) is 6.85. The van der Waals surface area contributed by atoms with Crippen LogP contribution in [0.5, 0.6) is 5.75 Å². The summed E-state index contributed by atoms with van der Waals surface area (Å²) in [5.74, 6) is -0.964. The molecule has 0 spiro atoms. The van der Waals surface area contributed by atoms with Crippen molar-refractivity contribution >= 4 is 11.6 Å². The minimum Gasteiger partial charge on any atom is -0.507 e. The minimum atomic E-state index is -0.725. The molecule has 1 aromatic rings. The average molecular weight is 146 g/mol. The predicted molar refractivity (Wildman–Crippen MR) is 31.9 cm³/mol. The van der Waals surface area contributed by atoms with Crippen LogP contribution in [0.3, 0.4) is 0 Å². The summed E-state index contributed by atoms with van der Waals surface area (Å²) in [6.45, 7) is 0. The van der Waals surface area contributed by atoms with E-state index in [1.54, 1.807) is 0 Å². The summed E-state index contributed by atoms with van der Waals surface area (Å²) in [7, 11) is 0. The summed E-state index contributed by atoms with van der Waals surface area (Å²) >= 11 is 5.26. The molecule has 1 nitrogen and oxygen atoms in total. The number of hydrogen-bond donors (Lipinski definition) is 1. The molecule has 0 atom stereocenters. The molecule has 0 fully saturated rings. The van der Waals surface area contributed by atoms with Crippen LogP contribution >= 0.6 is 11.6 Å². The summed E-state index contributed by atoms with van der Waals surface area (Å²) < 4.78 is 12.2. The van der Waals surface area contributed by atoms with Gasteiger partial charge in [0.1, 0.15) is 5.75 Å². The van der Waals surface area contributed by atoms with Crippen LogP contribution in [0.1, 0.15) is 0 Å². The van der Waals surface area contributed by atoms with Crippen molar-refractivity contribution < 1.29 is 9.50 Å². The van der Waals surface area contributed by atoms with E-state index in [0.29, 0.717) is 0 Å². The SMILES string of the molecule is Oc1[c]c(F)c(Cl)cc1. The Morgan fingerprint density at radius 1 is 1.56 bits per heavy atom. The van der Waals surface area contributed by atoms with E-state index in [-0.39, 0.29) is 10.8 Å². The number of rotatable bonds is 0. The van der Waals surface area contributed by atoms with Crippen LogP contribution in [0.2, 0.25) is 5.02 Å². The molecule has 0 aliphatic carbocycles. The average Bonchev–Trinajstić information content (AvgIpc) is 1.80. The van der Waals surface area contributed by atoms with Gasteiger partial charge in [0.05, 0.1) is 11.1 Å². The van der Waals surface area contributed by atoms with Crippen LogP contribution in [0.4, 0.5) is 4.39 Å². The molecule has 0 amide bonds. The number of benzene rings is 1. The highest BCUT2D eigenvalue weighted by Crippen LogP contribution is 2.17. The molecule has 1 rings (SSSR count). The van der Waals surface area contributed by atoms with Crippen LogP contribution in [0.25, 0.3) is 0 Å². The van der Waals surface area contributed by atoms with Crippen LogP contribution in [0.15, 0.2) is 12.1 Å². The molecule has 0 saturated heterocycles. The van der Waals surface area contributed by atoms with Crippen LogP contribution in [-0.4, -0.2) is 5.11 Å². The van der Waals surface area contributed by atoms with Gasteiger partial charge < -0.3 is 5.11 Å². The van der Waals surface area contributed by atoms with Gasteiger partial charge in [0.25, 0.3) is 0 Å². The Morgan fingerprint density at radius 3 is 2.67 bits per heavy atom. The van der Waals surface area contributed by atoms with E-state index in [1.807, 2.05) is 6.07 Å². The fraction of sp³-hybridized carbons (Fsp3) is 0. The van der Waals surface area contributed by atoms with E-state index in [0.717, 1.165) is 0 Å². The van der Waals surface area contributed by atoms with Gasteiger partial charge in [-0.15, -0.1) is 0 Å². The minimum absolute atomic E-state index is 0.0344. The third-order valence-corrected chi connectivity index (χ3v) is 1.13. The number of hydrogen-bond acceptors (Lipinski definition) is 1. The Bertz CT molecular complexity index is 224. The van der Waals surface area contributed by atoms with E-state index in [1.165, 1.54) is 12.1 Å². The topological polar surface area (TPSA) is 20.2 Å². The number of halogens is 2. The highest BCUT2D eigenvalue weighted by Gasteiger charge is 1.98. The first kappa shape index (κ1) is 6.36. The van der Waals surface area contributed by atoms with Crippen LogP contribution in [0, 0.1) is 11.9 Å². The summed E-state index contributed by atoms with van der Waals surface area (Å²) in [5.41, 5.74) is 0. The molecule has 1 radical (unpaired) electrons. The van der Waals surface area contributed by atoms with Gasteiger partial charge in [-0.2, -0.15) is 0 Å². The first-order valence-corrected chi connectivity index (χ1v) is 2.64. The van der Waals surface area contributed by atoms with E-state index >= 15 is 0 Å². The second-order valence-electron chi connectivity index (χ2n) is 1.51. The molecule has 0 aromatic heterocycles. The van der Waals surface area contributed by atoms with Crippen molar-refractivity contribution in [3.05, 3.63) is 29.0 Å². The molecule has 1 aromatic carbocycles. The smallest absolute Gasteiger partial charge is 0.153 e. The first-order valence-electron chi connectivity index (χ1n) is 2.26. The number of phenolic OH excluding ortho intramolecular Hbond substituents is 1. The van der Waals surface area contributed by atoms with Gasteiger partial charge in [0.2, 0.25) is 0 Å². The van der Waals surface area contributed by atoms with Gasteiger partial charge in [-0.1, -0.05) is 11.6 Å². The quantitative estimate of drug-likeness (QED) is 0.592. The Balaban J connectivity index is 3.17. The zero-order valence-electron chi connectivity index (χ0n) is 4.36. The molecule has 0 saturated carbocycles. The van der Waals surface area contributed by atoms with Crippen molar-refractivity contribution in [1.82, 2.24) is 0 Å². The molecule has 0 bridgehead atoms. The molecule has 0 unspecified atom stereocenters. The summed E-state index contributed by atoms with van der Waals surface area (Å²) in [6, 6.07) is 4.53. The fourth-order valence-corrected chi connectivity index (χ4v) is 0.549. The van der Waals surface area contributed by atoms with Crippen molar-refractivity contribution in [1.29, 1.82) is 0 Å². The van der Waals surface area contributed by atoms with Gasteiger partial charge in [0.15, 0.2) is 5.82 Å². The lowest BCUT2D eigenvalue weighted by Crippen LogP contribution is -1.74. The van der Waals surface area contributed by atoms with E-state index < -0.39 is 5.82 Å². The van der Waals surface area contributed by atoms with E-state index in [9.17, 15) is 4.39 Å². The molecule has 47 valence electrons. The molecule has 1 N–H and O–H groups in total. The molecule has 0 heterocycles. The fourth-order valence-electron chi connectivity index (χ4n) is 0.439. The second-order valence-corrected chi connectivity index (χ2v) is 1.91. The highest BCUT2D eigenvalue weighted by atomic mass is 35.5. The third-order valence-electron chi connectivity index (χ3n) is 0.835. The highest BCUT2D eigenvalue weighted by molar-refractivity contribution is 6.30. The maximum Gasteiger partial charge on any atom is 0.153 e. The van der Waals surface area contributed by atoms with Crippen molar-refractivity contribution in [2.75, 3.05) is 0 Å². The van der Waals surface area contributed by atoms with Crippen molar-refractivity contribution in [2.24, 2.45) is 0 Å². The molecule has 9 heavy (non-hydrogen) atoms. The molecule has 0 aliphatic heterocycles. The van der Waals surface area contributed by atoms with Gasteiger partial charge in [-0.05, 0) is 12.1 Å². The van der Waals surface area contributed by atoms with E-state index in [2.05, 4.69) is 0 Å². The molecular formula is C6H3ClFO. The van der Waals surface area contributed by atoms with Crippen molar-refractivity contribution in [3.63, 3.8) is 0 Å². The largest absolute Gasteiger partial charge is 0.507 e. The molecular weight excluding hydrogens is 143 g/mol. The Kier molecular flexibility index (Phi) is 1.58. The zero-order valence-corrected chi connectivity index (χ0v) is 5.11. The third kappa shape index (κ3) is 1.33. The van der Waals surface area contributed by atoms with Gasteiger partial charge in [-0.25, -0.2) is 4.39 Å². The van der Waals surface area contributed by atoms with Crippen molar-refractivity contribution in [3.8, 4) is 5.75 Å². The lowest BCUT2D eigenvalue weighted by molar-refractivity contribution is 0.467. The van der Waals surface area contributed by atoms with Crippen LogP contribution < -0.4 is 0 Å². The van der Waals surface area contributed by atoms with Crippen LogP contribution in [-0.2, 0) is 0 Å². The normalized spacial score (nSPS) is 9.56.